The summed E-state index contributed by atoms with van der Waals surface area (Å²) >= 11 is 0. The molecule has 21 heavy (non-hydrogen) atoms. The van der Waals surface area contributed by atoms with Crippen LogP contribution in [0.5, 0.6) is 0 Å². The van der Waals surface area contributed by atoms with Gasteiger partial charge in [-0.25, -0.2) is 4.68 Å². The minimum Gasteiger partial charge on any atom is -0.381 e. The number of rotatable bonds is 2. The van der Waals surface area contributed by atoms with Crippen LogP contribution < -0.4 is 0 Å². The van der Waals surface area contributed by atoms with Crippen molar-refractivity contribution >= 4 is 10.9 Å². The fraction of sp³-hybridized carbons (Fsp3) is 0.625. The number of nitrogens with zero attached hydrogens (tertiary/aromatic N) is 3. The number of hydrogen-bond acceptors (Lipinski definition) is 4. The Hall–Kier alpha value is -1.46. The molecule has 0 N–H and O–H groups in total. The molecule has 2 aliphatic rings. The first-order valence-electron chi connectivity index (χ1n) is 7.94. The highest BCUT2D eigenvalue weighted by molar-refractivity contribution is 5.78. The molecular weight excluding hydrogens is 266 g/mol. The van der Waals surface area contributed by atoms with E-state index in [0.717, 1.165) is 55.7 Å². The average molecular weight is 287 g/mol. The molecule has 0 spiro atoms. The van der Waals surface area contributed by atoms with Crippen molar-refractivity contribution in [1.82, 2.24) is 14.8 Å². The molecule has 2 saturated heterocycles. The van der Waals surface area contributed by atoms with Gasteiger partial charge < -0.3 is 9.47 Å². The summed E-state index contributed by atoms with van der Waals surface area (Å²) in [6.45, 7) is 2.50. The van der Waals surface area contributed by atoms with E-state index < -0.39 is 0 Å². The molecule has 112 valence electrons. The smallest absolute Gasteiger partial charge is 0.150 e. The lowest BCUT2D eigenvalue weighted by atomic mass is 9.97. The van der Waals surface area contributed by atoms with E-state index in [9.17, 15) is 0 Å². The lowest BCUT2D eigenvalue weighted by Gasteiger charge is -2.24. The third-order valence-electron chi connectivity index (χ3n) is 4.51. The van der Waals surface area contributed by atoms with E-state index >= 15 is 0 Å². The molecule has 2 fully saturated rings. The van der Waals surface area contributed by atoms with Gasteiger partial charge in [0.05, 0.1) is 24.5 Å². The van der Waals surface area contributed by atoms with Gasteiger partial charge in [-0.05, 0) is 38.2 Å². The van der Waals surface area contributed by atoms with Crippen molar-refractivity contribution < 1.29 is 9.47 Å². The highest BCUT2D eigenvalue weighted by Crippen LogP contribution is 2.29. The van der Waals surface area contributed by atoms with Crippen LogP contribution in [0.3, 0.4) is 0 Å². The van der Waals surface area contributed by atoms with E-state index in [2.05, 4.69) is 16.1 Å². The molecule has 2 unspecified atom stereocenters. The lowest BCUT2D eigenvalue weighted by molar-refractivity contribution is -0.0367. The Labute approximate surface area is 124 Å². The summed E-state index contributed by atoms with van der Waals surface area (Å²) in [6.07, 6.45) is 9.64. The van der Waals surface area contributed by atoms with Crippen molar-refractivity contribution in [3.8, 4) is 0 Å². The molecule has 5 heteroatoms. The number of ether oxygens (including phenoxy) is 2. The van der Waals surface area contributed by atoms with Gasteiger partial charge in [-0.3, -0.25) is 4.98 Å². The summed E-state index contributed by atoms with van der Waals surface area (Å²) in [4.78, 5) is 4.66. The Balaban J connectivity index is 1.63. The molecule has 0 amide bonds. The zero-order valence-electron chi connectivity index (χ0n) is 12.2. The number of aromatic nitrogens is 3. The van der Waals surface area contributed by atoms with Crippen LogP contribution in [0.15, 0.2) is 18.5 Å². The minimum absolute atomic E-state index is 0.0712. The van der Waals surface area contributed by atoms with Gasteiger partial charge >= 0.3 is 0 Å². The second-order valence-corrected chi connectivity index (χ2v) is 5.99. The molecule has 0 saturated carbocycles. The molecule has 4 rings (SSSR count). The summed E-state index contributed by atoms with van der Waals surface area (Å²) in [5, 5.41) is 5.68. The Morgan fingerprint density at radius 1 is 1.10 bits per heavy atom. The largest absolute Gasteiger partial charge is 0.381 e. The van der Waals surface area contributed by atoms with Gasteiger partial charge in [-0.1, -0.05) is 0 Å². The maximum atomic E-state index is 5.83. The normalized spacial score (nSPS) is 27.0. The van der Waals surface area contributed by atoms with Gasteiger partial charge in [0.15, 0.2) is 6.23 Å². The summed E-state index contributed by atoms with van der Waals surface area (Å²) in [7, 11) is 0. The summed E-state index contributed by atoms with van der Waals surface area (Å²) in [5.41, 5.74) is 2.20. The van der Waals surface area contributed by atoms with Crippen LogP contribution in [0.25, 0.3) is 10.9 Å². The maximum Gasteiger partial charge on any atom is 0.150 e. The standard InChI is InChI=1S/C16H21N3O2/c1-2-7-21-16(5-1)19-15-10-17-14(8-13(15)9-18-19)12-4-3-6-20-11-12/h8-10,12,16H,1-7,11H2. The Bertz CT molecular complexity index is 613. The van der Waals surface area contributed by atoms with Crippen LogP contribution in [-0.2, 0) is 9.47 Å². The molecule has 0 radical (unpaired) electrons. The quantitative estimate of drug-likeness (QED) is 0.852. The van der Waals surface area contributed by atoms with Crippen LogP contribution in [0.1, 0.15) is 49.9 Å². The van der Waals surface area contributed by atoms with Gasteiger partial charge in [0.25, 0.3) is 0 Å². The summed E-state index contributed by atoms with van der Waals surface area (Å²) in [6, 6.07) is 2.17. The molecule has 0 aliphatic carbocycles. The van der Waals surface area contributed by atoms with E-state index in [0.29, 0.717) is 5.92 Å². The SMILES string of the molecule is c1nn(C2CCCCO2)c2cnc(C3CCCOC3)cc12. The van der Waals surface area contributed by atoms with E-state index in [4.69, 9.17) is 9.47 Å². The Kier molecular flexibility index (Phi) is 3.61. The first-order chi connectivity index (χ1) is 10.4. The van der Waals surface area contributed by atoms with Crippen LogP contribution in [-0.4, -0.2) is 34.6 Å². The lowest BCUT2D eigenvalue weighted by Crippen LogP contribution is -2.19. The highest BCUT2D eigenvalue weighted by Gasteiger charge is 2.21. The van der Waals surface area contributed by atoms with Gasteiger partial charge in [-0.15, -0.1) is 0 Å². The molecule has 5 nitrogen and oxygen atoms in total. The summed E-state index contributed by atoms with van der Waals surface area (Å²) in [5.74, 6) is 0.428. The van der Waals surface area contributed by atoms with Gasteiger partial charge in [0, 0.05) is 30.2 Å². The first-order valence-corrected chi connectivity index (χ1v) is 7.94. The van der Waals surface area contributed by atoms with Crippen molar-refractivity contribution in [2.24, 2.45) is 0 Å². The maximum absolute atomic E-state index is 5.83. The van der Waals surface area contributed by atoms with E-state index in [1.807, 2.05) is 17.1 Å². The number of pyridine rings is 1. The monoisotopic (exact) mass is 287 g/mol. The van der Waals surface area contributed by atoms with Crippen molar-refractivity contribution in [2.75, 3.05) is 19.8 Å². The van der Waals surface area contributed by atoms with Crippen LogP contribution >= 0.6 is 0 Å². The predicted molar refractivity (Wildman–Crippen MR) is 79.2 cm³/mol. The highest BCUT2D eigenvalue weighted by atomic mass is 16.5. The third-order valence-corrected chi connectivity index (χ3v) is 4.51. The van der Waals surface area contributed by atoms with Crippen molar-refractivity contribution in [2.45, 2.75) is 44.2 Å². The van der Waals surface area contributed by atoms with Crippen LogP contribution in [0.4, 0.5) is 0 Å². The Morgan fingerprint density at radius 3 is 2.90 bits per heavy atom. The first kappa shape index (κ1) is 13.2. The van der Waals surface area contributed by atoms with Gasteiger partial charge in [-0.2, -0.15) is 5.10 Å². The van der Waals surface area contributed by atoms with Crippen molar-refractivity contribution in [3.63, 3.8) is 0 Å². The number of hydrogen-bond donors (Lipinski definition) is 0. The fourth-order valence-corrected chi connectivity index (χ4v) is 3.31. The minimum atomic E-state index is 0.0712. The van der Waals surface area contributed by atoms with Crippen LogP contribution in [0.2, 0.25) is 0 Å². The van der Waals surface area contributed by atoms with E-state index in [-0.39, 0.29) is 6.23 Å². The molecule has 2 atom stereocenters. The van der Waals surface area contributed by atoms with E-state index in [1.54, 1.807) is 0 Å². The topological polar surface area (TPSA) is 49.2 Å². The average Bonchev–Trinajstić information content (AvgIpc) is 2.99. The van der Waals surface area contributed by atoms with Crippen molar-refractivity contribution in [3.05, 3.63) is 24.2 Å². The van der Waals surface area contributed by atoms with Gasteiger partial charge in [0.2, 0.25) is 0 Å². The molecule has 4 heterocycles. The second-order valence-electron chi connectivity index (χ2n) is 5.99. The van der Waals surface area contributed by atoms with Gasteiger partial charge in [0.1, 0.15) is 0 Å². The molecule has 0 aromatic carbocycles. The molecule has 0 bridgehead atoms. The molecule has 2 aliphatic heterocycles. The fourth-order valence-electron chi connectivity index (χ4n) is 3.31. The third kappa shape index (κ3) is 2.56. The van der Waals surface area contributed by atoms with Crippen LogP contribution in [0, 0.1) is 0 Å². The zero-order valence-corrected chi connectivity index (χ0v) is 12.2. The molecular formula is C16H21N3O2. The van der Waals surface area contributed by atoms with E-state index in [1.165, 1.54) is 12.8 Å². The second kappa shape index (κ2) is 5.73. The summed E-state index contributed by atoms with van der Waals surface area (Å²) < 4.78 is 13.4. The number of fused-ring (bicyclic) bond motifs is 1. The molecule has 2 aromatic heterocycles. The Morgan fingerprint density at radius 2 is 2.10 bits per heavy atom. The zero-order chi connectivity index (χ0) is 14.1. The molecule has 2 aromatic rings. The van der Waals surface area contributed by atoms with Crippen molar-refractivity contribution in [1.29, 1.82) is 0 Å². The predicted octanol–water partition coefficient (Wildman–Crippen LogP) is 3.02.